The van der Waals surface area contributed by atoms with E-state index in [2.05, 4.69) is 26.6 Å². The Morgan fingerprint density at radius 3 is 2.46 bits per heavy atom. The molecule has 0 radical (unpaired) electrons. The fourth-order valence-electron chi connectivity index (χ4n) is 3.41. The van der Waals surface area contributed by atoms with Crippen LogP contribution in [0, 0.1) is 5.92 Å². The SMILES string of the molecule is CCOc1cc(CNc2cccc(NC(=O)CC(C)C)c2)cc(Br)c1OCc1ccc(Cl)c(Cl)c1. The maximum Gasteiger partial charge on any atom is 0.224 e. The van der Waals surface area contributed by atoms with E-state index in [1.54, 1.807) is 12.1 Å². The van der Waals surface area contributed by atoms with Crippen molar-refractivity contribution in [2.75, 3.05) is 17.2 Å². The largest absolute Gasteiger partial charge is 0.490 e. The summed E-state index contributed by atoms with van der Waals surface area (Å²) >= 11 is 15.7. The molecule has 0 aliphatic heterocycles. The average molecular weight is 580 g/mol. The van der Waals surface area contributed by atoms with Crippen molar-refractivity contribution in [3.63, 3.8) is 0 Å². The fourth-order valence-corrected chi connectivity index (χ4v) is 4.33. The third-order valence-electron chi connectivity index (χ3n) is 4.97. The molecule has 1 amide bonds. The highest BCUT2D eigenvalue weighted by Crippen LogP contribution is 2.38. The number of hydrogen-bond donors (Lipinski definition) is 2. The Labute approximate surface area is 225 Å². The predicted molar refractivity (Wildman–Crippen MR) is 148 cm³/mol. The molecule has 5 nitrogen and oxygen atoms in total. The molecule has 3 aromatic rings. The van der Waals surface area contributed by atoms with Gasteiger partial charge in [0.1, 0.15) is 6.61 Å². The first-order chi connectivity index (χ1) is 16.7. The zero-order chi connectivity index (χ0) is 25.4. The number of anilines is 2. The third-order valence-corrected chi connectivity index (χ3v) is 6.30. The van der Waals surface area contributed by atoms with Crippen molar-refractivity contribution < 1.29 is 14.3 Å². The Kier molecular flexibility index (Phi) is 10.1. The lowest BCUT2D eigenvalue weighted by Gasteiger charge is -2.16. The van der Waals surface area contributed by atoms with Crippen LogP contribution in [0.25, 0.3) is 0 Å². The van der Waals surface area contributed by atoms with Gasteiger partial charge in [0, 0.05) is 24.3 Å². The maximum atomic E-state index is 12.1. The van der Waals surface area contributed by atoms with E-state index in [1.807, 2.05) is 63.2 Å². The summed E-state index contributed by atoms with van der Waals surface area (Å²) in [5, 5.41) is 7.35. The van der Waals surface area contributed by atoms with Gasteiger partial charge in [0.2, 0.25) is 5.91 Å². The zero-order valence-corrected chi connectivity index (χ0v) is 23.1. The first-order valence-electron chi connectivity index (χ1n) is 11.4. The number of carbonyl (C=O) groups excluding carboxylic acids is 1. The number of hydrogen-bond acceptors (Lipinski definition) is 4. The second-order valence-electron chi connectivity index (χ2n) is 8.46. The molecule has 35 heavy (non-hydrogen) atoms. The van der Waals surface area contributed by atoms with Gasteiger partial charge in [0.05, 0.1) is 21.1 Å². The van der Waals surface area contributed by atoms with E-state index in [0.717, 1.165) is 27.0 Å². The molecule has 0 heterocycles. The maximum absolute atomic E-state index is 12.1. The Morgan fingerprint density at radius 2 is 1.74 bits per heavy atom. The molecular formula is C27H29BrCl2N2O3. The van der Waals surface area contributed by atoms with Crippen molar-refractivity contribution in [2.45, 2.75) is 40.3 Å². The monoisotopic (exact) mass is 578 g/mol. The lowest BCUT2D eigenvalue weighted by Crippen LogP contribution is -2.13. The van der Waals surface area contributed by atoms with Crippen molar-refractivity contribution in [2.24, 2.45) is 5.92 Å². The van der Waals surface area contributed by atoms with Crippen molar-refractivity contribution >= 4 is 56.4 Å². The van der Waals surface area contributed by atoms with Gasteiger partial charge in [-0.2, -0.15) is 0 Å². The highest BCUT2D eigenvalue weighted by atomic mass is 79.9. The van der Waals surface area contributed by atoms with E-state index >= 15 is 0 Å². The van der Waals surface area contributed by atoms with Gasteiger partial charge >= 0.3 is 0 Å². The molecule has 186 valence electrons. The molecule has 2 N–H and O–H groups in total. The topological polar surface area (TPSA) is 59.6 Å². The van der Waals surface area contributed by atoms with E-state index in [1.165, 1.54) is 0 Å². The molecule has 0 aliphatic rings. The number of ether oxygens (including phenoxy) is 2. The van der Waals surface area contributed by atoms with E-state index in [4.69, 9.17) is 32.7 Å². The Morgan fingerprint density at radius 1 is 0.971 bits per heavy atom. The van der Waals surface area contributed by atoms with Gasteiger partial charge in [-0.25, -0.2) is 0 Å². The van der Waals surface area contributed by atoms with Crippen LogP contribution >= 0.6 is 39.1 Å². The summed E-state index contributed by atoms with van der Waals surface area (Å²) in [5.41, 5.74) is 3.58. The van der Waals surface area contributed by atoms with E-state index < -0.39 is 0 Å². The molecular weight excluding hydrogens is 551 g/mol. The summed E-state index contributed by atoms with van der Waals surface area (Å²) in [6.07, 6.45) is 0.491. The van der Waals surface area contributed by atoms with Crippen molar-refractivity contribution in [1.82, 2.24) is 0 Å². The Balaban J connectivity index is 1.69. The van der Waals surface area contributed by atoms with Crippen LogP contribution in [0.3, 0.4) is 0 Å². The summed E-state index contributed by atoms with van der Waals surface area (Å²) in [4.78, 5) is 12.1. The summed E-state index contributed by atoms with van der Waals surface area (Å²) < 4.78 is 12.7. The summed E-state index contributed by atoms with van der Waals surface area (Å²) in [7, 11) is 0. The molecule has 0 saturated heterocycles. The van der Waals surface area contributed by atoms with Crippen LogP contribution in [-0.2, 0) is 17.9 Å². The van der Waals surface area contributed by atoms with Crippen LogP contribution < -0.4 is 20.1 Å². The molecule has 3 aromatic carbocycles. The predicted octanol–water partition coefficient (Wildman–Crippen LogP) is 8.33. The molecule has 0 atom stereocenters. The van der Waals surface area contributed by atoms with Crippen LogP contribution in [0.5, 0.6) is 11.5 Å². The van der Waals surface area contributed by atoms with Gasteiger partial charge in [-0.15, -0.1) is 0 Å². The standard InChI is InChI=1S/C27H29BrCl2N2O3/c1-4-34-25-13-19(11-22(28)27(25)35-16-18-8-9-23(29)24(30)12-18)15-31-20-6-5-7-21(14-20)32-26(33)10-17(2)3/h5-9,11-14,17,31H,4,10,15-16H2,1-3H3,(H,32,33). The minimum absolute atomic E-state index is 0.0129. The average Bonchev–Trinajstić information content (AvgIpc) is 2.79. The highest BCUT2D eigenvalue weighted by Gasteiger charge is 2.13. The number of nitrogens with one attached hydrogen (secondary N) is 2. The first-order valence-corrected chi connectivity index (χ1v) is 13.0. The van der Waals surface area contributed by atoms with Gasteiger partial charge in [-0.1, -0.05) is 49.2 Å². The molecule has 0 bridgehead atoms. The highest BCUT2D eigenvalue weighted by molar-refractivity contribution is 9.10. The number of carbonyl (C=O) groups is 1. The van der Waals surface area contributed by atoms with E-state index in [9.17, 15) is 4.79 Å². The molecule has 0 unspecified atom stereocenters. The normalized spacial score (nSPS) is 10.8. The lowest BCUT2D eigenvalue weighted by molar-refractivity contribution is -0.116. The molecule has 0 saturated carbocycles. The minimum Gasteiger partial charge on any atom is -0.490 e. The van der Waals surface area contributed by atoms with Gasteiger partial charge in [-0.05, 0) is 82.4 Å². The third kappa shape index (κ3) is 8.34. The summed E-state index contributed by atoms with van der Waals surface area (Å²) in [6, 6.07) is 17.0. The molecule has 0 aliphatic carbocycles. The van der Waals surface area contributed by atoms with Crippen molar-refractivity contribution in [3.8, 4) is 11.5 Å². The number of halogens is 3. The minimum atomic E-state index is 0.0129. The molecule has 0 spiro atoms. The summed E-state index contributed by atoms with van der Waals surface area (Å²) in [6.45, 7) is 7.37. The lowest BCUT2D eigenvalue weighted by atomic mass is 10.1. The number of amides is 1. The van der Waals surface area contributed by atoms with Crippen molar-refractivity contribution in [3.05, 3.63) is 80.2 Å². The van der Waals surface area contributed by atoms with Crippen LogP contribution in [0.2, 0.25) is 10.0 Å². The van der Waals surface area contributed by atoms with E-state index in [0.29, 0.717) is 53.6 Å². The molecule has 0 fully saturated rings. The molecule has 3 rings (SSSR count). The Bertz CT molecular complexity index is 1170. The van der Waals surface area contributed by atoms with Gasteiger partial charge < -0.3 is 20.1 Å². The quantitative estimate of drug-likeness (QED) is 0.240. The zero-order valence-electron chi connectivity index (χ0n) is 20.0. The van der Waals surface area contributed by atoms with Gasteiger partial charge in [0.25, 0.3) is 0 Å². The second-order valence-corrected chi connectivity index (χ2v) is 10.1. The molecule has 0 aromatic heterocycles. The smallest absolute Gasteiger partial charge is 0.224 e. The molecule has 8 heteroatoms. The van der Waals surface area contributed by atoms with Crippen LogP contribution in [0.1, 0.15) is 38.3 Å². The van der Waals surface area contributed by atoms with Crippen molar-refractivity contribution in [1.29, 1.82) is 0 Å². The first kappa shape index (κ1) is 27.2. The Hall–Kier alpha value is -2.41. The number of benzene rings is 3. The van der Waals surface area contributed by atoms with Crippen LogP contribution in [0.15, 0.2) is 59.1 Å². The second kappa shape index (κ2) is 13.1. The van der Waals surface area contributed by atoms with E-state index in [-0.39, 0.29) is 5.91 Å². The fraction of sp³-hybridized carbons (Fsp3) is 0.296. The van der Waals surface area contributed by atoms with Gasteiger partial charge in [-0.3, -0.25) is 4.79 Å². The van der Waals surface area contributed by atoms with Crippen LogP contribution in [-0.4, -0.2) is 12.5 Å². The van der Waals surface area contributed by atoms with Crippen LogP contribution in [0.4, 0.5) is 11.4 Å². The number of rotatable bonds is 11. The summed E-state index contributed by atoms with van der Waals surface area (Å²) in [5.74, 6) is 1.59. The van der Waals surface area contributed by atoms with Gasteiger partial charge in [0.15, 0.2) is 11.5 Å².